The van der Waals surface area contributed by atoms with Gasteiger partial charge in [-0.15, -0.1) is 0 Å². The van der Waals surface area contributed by atoms with E-state index in [1.54, 1.807) is 0 Å². The smallest absolute Gasteiger partial charge is 0.261 e. The van der Waals surface area contributed by atoms with Gasteiger partial charge >= 0.3 is 0 Å². The molecule has 0 unspecified atom stereocenters. The van der Waals surface area contributed by atoms with Gasteiger partial charge < -0.3 is 10.1 Å². The predicted octanol–water partition coefficient (Wildman–Crippen LogP) is 3.37. The molecule has 0 fully saturated rings. The molecule has 1 aromatic carbocycles. The SMILES string of the molecule is CCCc1ccc(NC(=S)OCC)cc1. The number of rotatable bonds is 4. The van der Waals surface area contributed by atoms with E-state index >= 15 is 0 Å². The van der Waals surface area contributed by atoms with Gasteiger partial charge in [-0.2, -0.15) is 0 Å². The van der Waals surface area contributed by atoms with Gasteiger partial charge in [0.15, 0.2) is 0 Å². The van der Waals surface area contributed by atoms with Crippen molar-refractivity contribution in [1.29, 1.82) is 0 Å². The molecule has 0 aliphatic carbocycles. The highest BCUT2D eigenvalue weighted by Gasteiger charge is 1.97. The van der Waals surface area contributed by atoms with Crippen LogP contribution in [0.25, 0.3) is 0 Å². The van der Waals surface area contributed by atoms with Gasteiger partial charge in [0.2, 0.25) is 0 Å². The quantitative estimate of drug-likeness (QED) is 0.791. The molecule has 0 heterocycles. The number of nitrogens with one attached hydrogen (secondary N) is 1. The van der Waals surface area contributed by atoms with Crippen molar-refractivity contribution in [3.05, 3.63) is 29.8 Å². The molecule has 15 heavy (non-hydrogen) atoms. The van der Waals surface area contributed by atoms with Crippen LogP contribution < -0.4 is 5.32 Å². The highest BCUT2D eigenvalue weighted by Crippen LogP contribution is 2.11. The molecule has 0 aliphatic heterocycles. The first-order valence-electron chi connectivity index (χ1n) is 5.29. The van der Waals surface area contributed by atoms with Crippen LogP contribution in [-0.4, -0.2) is 11.8 Å². The van der Waals surface area contributed by atoms with Gasteiger partial charge in [0.1, 0.15) is 0 Å². The van der Waals surface area contributed by atoms with E-state index in [0.29, 0.717) is 11.8 Å². The van der Waals surface area contributed by atoms with Gasteiger partial charge in [-0.1, -0.05) is 25.5 Å². The highest BCUT2D eigenvalue weighted by molar-refractivity contribution is 7.80. The summed E-state index contributed by atoms with van der Waals surface area (Å²) in [4.78, 5) is 0. The normalized spacial score (nSPS) is 9.73. The Morgan fingerprint density at radius 3 is 2.47 bits per heavy atom. The molecule has 0 amide bonds. The minimum Gasteiger partial charge on any atom is -0.471 e. The predicted molar refractivity (Wildman–Crippen MR) is 68.3 cm³/mol. The molecule has 1 N–H and O–H groups in total. The lowest BCUT2D eigenvalue weighted by molar-refractivity contribution is 0.335. The monoisotopic (exact) mass is 223 g/mol. The number of hydrogen-bond donors (Lipinski definition) is 1. The van der Waals surface area contributed by atoms with Gasteiger partial charge in [0.05, 0.1) is 6.61 Å². The molecule has 2 nitrogen and oxygen atoms in total. The minimum absolute atomic E-state index is 0.431. The summed E-state index contributed by atoms with van der Waals surface area (Å²) in [6, 6.07) is 8.27. The molecule has 0 aliphatic rings. The van der Waals surface area contributed by atoms with Crippen LogP contribution in [0.2, 0.25) is 0 Å². The number of thiocarbonyl (C=S) groups is 1. The molecule has 0 aromatic heterocycles. The van der Waals surface area contributed by atoms with Crippen molar-refractivity contribution >= 4 is 23.1 Å². The van der Waals surface area contributed by atoms with Crippen LogP contribution >= 0.6 is 12.2 Å². The van der Waals surface area contributed by atoms with E-state index in [2.05, 4.69) is 24.4 Å². The van der Waals surface area contributed by atoms with Crippen molar-refractivity contribution in [3.63, 3.8) is 0 Å². The lowest BCUT2D eigenvalue weighted by Gasteiger charge is -2.08. The zero-order chi connectivity index (χ0) is 11.1. The third-order valence-corrected chi connectivity index (χ3v) is 2.23. The number of aryl methyl sites for hydroxylation is 1. The molecular formula is C12H17NOS. The minimum atomic E-state index is 0.431. The average molecular weight is 223 g/mol. The fourth-order valence-corrected chi connectivity index (χ4v) is 1.56. The van der Waals surface area contributed by atoms with Gasteiger partial charge in [-0.25, -0.2) is 0 Å². The van der Waals surface area contributed by atoms with Crippen LogP contribution in [-0.2, 0) is 11.2 Å². The lowest BCUT2D eigenvalue weighted by Crippen LogP contribution is -2.12. The summed E-state index contributed by atoms with van der Waals surface area (Å²) in [6.45, 7) is 4.69. The molecule has 1 rings (SSSR count). The van der Waals surface area contributed by atoms with E-state index in [4.69, 9.17) is 17.0 Å². The maximum atomic E-state index is 5.14. The van der Waals surface area contributed by atoms with Gasteiger partial charge in [-0.3, -0.25) is 0 Å². The molecule has 0 radical (unpaired) electrons. The second kappa shape index (κ2) is 6.40. The van der Waals surface area contributed by atoms with Gasteiger partial charge in [0, 0.05) is 5.69 Å². The summed E-state index contributed by atoms with van der Waals surface area (Å²) in [6.07, 6.45) is 2.29. The van der Waals surface area contributed by atoms with E-state index in [9.17, 15) is 0 Å². The fourth-order valence-electron chi connectivity index (χ4n) is 1.33. The van der Waals surface area contributed by atoms with Crippen LogP contribution in [0, 0.1) is 0 Å². The molecule has 0 bridgehead atoms. The molecule has 1 aromatic rings. The Labute approximate surface area is 96.6 Å². The van der Waals surface area contributed by atoms with Crippen molar-refractivity contribution in [3.8, 4) is 0 Å². The van der Waals surface area contributed by atoms with Crippen molar-refractivity contribution in [2.75, 3.05) is 11.9 Å². The molecule has 0 spiro atoms. The lowest BCUT2D eigenvalue weighted by atomic mass is 10.1. The second-order valence-electron chi connectivity index (χ2n) is 3.29. The Bertz CT molecular complexity index is 308. The van der Waals surface area contributed by atoms with E-state index in [1.807, 2.05) is 19.1 Å². The Balaban J connectivity index is 2.52. The standard InChI is InChI=1S/C12H17NOS/c1-3-5-10-6-8-11(9-7-10)13-12(15)14-4-2/h6-9H,3-5H2,1-2H3,(H,13,15). The van der Waals surface area contributed by atoms with Crippen LogP contribution in [0.15, 0.2) is 24.3 Å². The van der Waals surface area contributed by atoms with Crippen molar-refractivity contribution in [2.24, 2.45) is 0 Å². The summed E-state index contributed by atoms with van der Waals surface area (Å²) < 4.78 is 5.14. The molecule has 3 heteroatoms. The summed E-state index contributed by atoms with van der Waals surface area (Å²) in [7, 11) is 0. The summed E-state index contributed by atoms with van der Waals surface area (Å²) in [5.41, 5.74) is 2.33. The third kappa shape index (κ3) is 4.30. The first-order chi connectivity index (χ1) is 7.26. The van der Waals surface area contributed by atoms with Crippen LogP contribution in [0.1, 0.15) is 25.8 Å². The Hall–Kier alpha value is -1.09. The zero-order valence-electron chi connectivity index (χ0n) is 9.25. The van der Waals surface area contributed by atoms with Crippen LogP contribution in [0.5, 0.6) is 0 Å². The Morgan fingerprint density at radius 1 is 1.27 bits per heavy atom. The molecule has 0 saturated carbocycles. The van der Waals surface area contributed by atoms with Crippen LogP contribution in [0.4, 0.5) is 5.69 Å². The molecule has 0 saturated heterocycles. The average Bonchev–Trinajstić information content (AvgIpc) is 2.22. The summed E-state index contributed by atoms with van der Waals surface area (Å²) in [5.74, 6) is 0. The maximum Gasteiger partial charge on any atom is 0.261 e. The van der Waals surface area contributed by atoms with E-state index in [1.165, 1.54) is 12.0 Å². The van der Waals surface area contributed by atoms with Crippen LogP contribution in [0.3, 0.4) is 0 Å². The maximum absolute atomic E-state index is 5.14. The summed E-state index contributed by atoms with van der Waals surface area (Å²) in [5, 5.41) is 3.45. The topological polar surface area (TPSA) is 21.3 Å². The largest absolute Gasteiger partial charge is 0.471 e. The second-order valence-corrected chi connectivity index (χ2v) is 3.66. The zero-order valence-corrected chi connectivity index (χ0v) is 10.1. The van der Waals surface area contributed by atoms with Crippen molar-refractivity contribution < 1.29 is 4.74 Å². The first kappa shape index (κ1) is 12.0. The van der Waals surface area contributed by atoms with E-state index in [0.717, 1.165) is 12.1 Å². The van der Waals surface area contributed by atoms with Gasteiger partial charge in [-0.05, 0) is 43.3 Å². The third-order valence-electron chi connectivity index (χ3n) is 2.01. The first-order valence-corrected chi connectivity index (χ1v) is 5.69. The number of hydrogen-bond acceptors (Lipinski definition) is 2. The fraction of sp³-hybridized carbons (Fsp3) is 0.417. The Kier molecular flexibility index (Phi) is 5.12. The molecule has 82 valence electrons. The summed E-state index contributed by atoms with van der Waals surface area (Å²) >= 11 is 4.99. The molecular weight excluding hydrogens is 206 g/mol. The van der Waals surface area contributed by atoms with Crippen molar-refractivity contribution in [1.82, 2.24) is 0 Å². The van der Waals surface area contributed by atoms with E-state index < -0.39 is 0 Å². The number of ether oxygens (including phenoxy) is 1. The number of anilines is 1. The van der Waals surface area contributed by atoms with Gasteiger partial charge in [0.25, 0.3) is 5.17 Å². The number of benzene rings is 1. The molecule has 0 atom stereocenters. The van der Waals surface area contributed by atoms with Crippen molar-refractivity contribution in [2.45, 2.75) is 26.7 Å². The Morgan fingerprint density at radius 2 is 1.93 bits per heavy atom. The highest BCUT2D eigenvalue weighted by atomic mass is 32.1. The van der Waals surface area contributed by atoms with E-state index in [-0.39, 0.29) is 0 Å².